The first kappa shape index (κ1) is 14.1. The summed E-state index contributed by atoms with van der Waals surface area (Å²) in [5, 5.41) is 3.49. The molecule has 19 heavy (non-hydrogen) atoms. The van der Waals surface area contributed by atoms with E-state index in [0.717, 1.165) is 42.1 Å². The van der Waals surface area contributed by atoms with Gasteiger partial charge < -0.3 is 14.8 Å². The largest absolute Gasteiger partial charge is 0.493 e. The summed E-state index contributed by atoms with van der Waals surface area (Å²) in [6, 6.07) is 1.82. The van der Waals surface area contributed by atoms with Crippen LogP contribution < -0.4 is 14.8 Å². The third-order valence-corrected chi connectivity index (χ3v) is 3.90. The van der Waals surface area contributed by atoms with Crippen molar-refractivity contribution in [1.82, 2.24) is 10.3 Å². The van der Waals surface area contributed by atoms with Crippen LogP contribution in [-0.2, 0) is 6.54 Å². The Bertz CT molecular complexity index is 409. The molecular weight excluding hydrogens is 240 g/mol. The molecule has 1 heterocycles. The average Bonchev–Trinajstić information content (AvgIpc) is 2.84. The lowest BCUT2D eigenvalue weighted by Crippen LogP contribution is -2.22. The zero-order chi connectivity index (χ0) is 13.7. The van der Waals surface area contributed by atoms with E-state index in [1.54, 1.807) is 20.4 Å². The number of hydrogen-bond donors (Lipinski definition) is 1. The second kappa shape index (κ2) is 6.75. The van der Waals surface area contributed by atoms with Crippen LogP contribution in [0.4, 0.5) is 0 Å². The lowest BCUT2D eigenvalue weighted by atomic mass is 10.1. The van der Waals surface area contributed by atoms with E-state index in [1.165, 1.54) is 19.3 Å². The highest BCUT2D eigenvalue weighted by Crippen LogP contribution is 2.31. The molecule has 0 radical (unpaired) electrons. The summed E-state index contributed by atoms with van der Waals surface area (Å²) in [6.07, 6.45) is 5.82. The quantitative estimate of drug-likeness (QED) is 0.857. The van der Waals surface area contributed by atoms with Crippen molar-refractivity contribution in [3.8, 4) is 11.5 Å². The molecule has 4 nitrogen and oxygen atoms in total. The molecule has 1 aliphatic rings. The number of ether oxygens (including phenoxy) is 2. The van der Waals surface area contributed by atoms with Gasteiger partial charge >= 0.3 is 0 Å². The molecule has 1 saturated carbocycles. The Labute approximate surface area is 115 Å². The number of pyridine rings is 1. The Hall–Kier alpha value is -1.29. The molecule has 2 rings (SSSR count). The molecule has 0 aliphatic heterocycles. The Kier molecular flexibility index (Phi) is 5.02. The van der Waals surface area contributed by atoms with E-state index in [9.17, 15) is 0 Å². The predicted molar refractivity (Wildman–Crippen MR) is 75.6 cm³/mol. The molecule has 2 atom stereocenters. The Morgan fingerprint density at radius 3 is 2.79 bits per heavy atom. The fraction of sp³-hybridized carbons (Fsp3) is 0.667. The van der Waals surface area contributed by atoms with Crippen molar-refractivity contribution in [3.05, 3.63) is 18.0 Å². The molecule has 0 saturated heterocycles. The average molecular weight is 264 g/mol. The first-order valence-electron chi connectivity index (χ1n) is 7.01. The molecule has 0 amide bonds. The standard InChI is InChI=1S/C15H24N2O2/c1-11-4-5-12(8-11)9-16-10-13-15(19-3)14(18-2)6-7-17-13/h6-7,11-12,16H,4-5,8-10H2,1-3H3. The minimum Gasteiger partial charge on any atom is -0.493 e. The van der Waals surface area contributed by atoms with Crippen molar-refractivity contribution in [2.75, 3.05) is 20.8 Å². The Morgan fingerprint density at radius 1 is 1.32 bits per heavy atom. The van der Waals surface area contributed by atoms with Gasteiger partial charge in [-0.1, -0.05) is 13.3 Å². The molecular formula is C15H24N2O2. The van der Waals surface area contributed by atoms with Crippen molar-refractivity contribution in [1.29, 1.82) is 0 Å². The van der Waals surface area contributed by atoms with Crippen molar-refractivity contribution >= 4 is 0 Å². The van der Waals surface area contributed by atoms with Crippen molar-refractivity contribution in [2.45, 2.75) is 32.7 Å². The molecule has 106 valence electrons. The molecule has 0 bridgehead atoms. The van der Waals surface area contributed by atoms with E-state index in [1.807, 2.05) is 6.07 Å². The van der Waals surface area contributed by atoms with E-state index in [4.69, 9.17) is 9.47 Å². The van der Waals surface area contributed by atoms with Gasteiger partial charge in [-0.3, -0.25) is 4.98 Å². The van der Waals surface area contributed by atoms with Crippen LogP contribution in [0, 0.1) is 11.8 Å². The lowest BCUT2D eigenvalue weighted by Gasteiger charge is -2.14. The maximum atomic E-state index is 5.38. The normalized spacial score (nSPS) is 22.5. The molecule has 4 heteroatoms. The predicted octanol–water partition coefficient (Wildman–Crippen LogP) is 2.62. The first-order chi connectivity index (χ1) is 9.24. The van der Waals surface area contributed by atoms with Gasteiger partial charge in [-0.2, -0.15) is 0 Å². The summed E-state index contributed by atoms with van der Waals surface area (Å²) >= 11 is 0. The van der Waals surface area contributed by atoms with Crippen molar-refractivity contribution in [2.24, 2.45) is 11.8 Å². The molecule has 0 spiro atoms. The molecule has 2 unspecified atom stereocenters. The van der Waals surface area contributed by atoms with Crippen LogP contribution >= 0.6 is 0 Å². The van der Waals surface area contributed by atoms with E-state index in [2.05, 4.69) is 17.2 Å². The van der Waals surface area contributed by atoms with Crippen molar-refractivity contribution < 1.29 is 9.47 Å². The summed E-state index contributed by atoms with van der Waals surface area (Å²) in [6.45, 7) is 4.13. The van der Waals surface area contributed by atoms with Crippen LogP contribution in [0.15, 0.2) is 12.3 Å². The highest BCUT2D eigenvalue weighted by molar-refractivity contribution is 5.42. The lowest BCUT2D eigenvalue weighted by molar-refractivity contribution is 0.347. The maximum Gasteiger partial charge on any atom is 0.183 e. The third kappa shape index (κ3) is 3.60. The van der Waals surface area contributed by atoms with E-state index >= 15 is 0 Å². The van der Waals surface area contributed by atoms with Crippen LogP contribution in [0.25, 0.3) is 0 Å². The molecule has 1 aliphatic carbocycles. The fourth-order valence-corrected chi connectivity index (χ4v) is 2.88. The summed E-state index contributed by atoms with van der Waals surface area (Å²) in [5.74, 6) is 3.17. The number of nitrogens with zero attached hydrogens (tertiary/aromatic N) is 1. The molecule has 1 aromatic rings. The summed E-state index contributed by atoms with van der Waals surface area (Å²) in [7, 11) is 3.30. The van der Waals surface area contributed by atoms with E-state index in [0.29, 0.717) is 0 Å². The Morgan fingerprint density at radius 2 is 2.16 bits per heavy atom. The van der Waals surface area contributed by atoms with Gasteiger partial charge in [0.15, 0.2) is 11.5 Å². The number of rotatable bonds is 6. The van der Waals surface area contributed by atoms with Crippen LogP contribution in [0.1, 0.15) is 31.9 Å². The van der Waals surface area contributed by atoms with Gasteiger partial charge in [0.25, 0.3) is 0 Å². The molecule has 1 N–H and O–H groups in total. The van der Waals surface area contributed by atoms with Gasteiger partial charge in [0, 0.05) is 18.8 Å². The van der Waals surface area contributed by atoms with Gasteiger partial charge in [-0.15, -0.1) is 0 Å². The number of nitrogens with one attached hydrogen (secondary N) is 1. The highest BCUT2D eigenvalue weighted by Gasteiger charge is 2.21. The van der Waals surface area contributed by atoms with Crippen LogP contribution in [0.5, 0.6) is 11.5 Å². The monoisotopic (exact) mass is 264 g/mol. The number of aromatic nitrogens is 1. The summed E-state index contributed by atoms with van der Waals surface area (Å²) in [5.41, 5.74) is 0.910. The van der Waals surface area contributed by atoms with Crippen LogP contribution in [0.3, 0.4) is 0 Å². The zero-order valence-electron chi connectivity index (χ0n) is 12.1. The van der Waals surface area contributed by atoms with Gasteiger partial charge in [-0.05, 0) is 31.2 Å². The third-order valence-electron chi connectivity index (χ3n) is 3.90. The topological polar surface area (TPSA) is 43.4 Å². The summed E-state index contributed by atoms with van der Waals surface area (Å²) in [4.78, 5) is 4.37. The zero-order valence-corrected chi connectivity index (χ0v) is 12.1. The molecule has 1 aromatic heterocycles. The first-order valence-corrected chi connectivity index (χ1v) is 7.01. The van der Waals surface area contributed by atoms with Crippen LogP contribution in [0.2, 0.25) is 0 Å². The maximum absolute atomic E-state index is 5.38. The van der Waals surface area contributed by atoms with Crippen LogP contribution in [-0.4, -0.2) is 25.7 Å². The SMILES string of the molecule is COc1ccnc(CNCC2CCC(C)C2)c1OC. The summed E-state index contributed by atoms with van der Waals surface area (Å²) < 4.78 is 10.7. The highest BCUT2D eigenvalue weighted by atomic mass is 16.5. The second-order valence-electron chi connectivity index (χ2n) is 5.41. The Balaban J connectivity index is 1.88. The minimum absolute atomic E-state index is 0.727. The van der Waals surface area contributed by atoms with Gasteiger partial charge in [0.2, 0.25) is 0 Å². The van der Waals surface area contributed by atoms with Gasteiger partial charge in [-0.25, -0.2) is 0 Å². The van der Waals surface area contributed by atoms with Gasteiger partial charge in [0.05, 0.1) is 19.9 Å². The fourth-order valence-electron chi connectivity index (χ4n) is 2.88. The van der Waals surface area contributed by atoms with Gasteiger partial charge in [0.1, 0.15) is 0 Å². The molecule has 0 aromatic carbocycles. The molecule has 1 fully saturated rings. The minimum atomic E-state index is 0.727. The number of methoxy groups -OCH3 is 2. The van der Waals surface area contributed by atoms with E-state index in [-0.39, 0.29) is 0 Å². The van der Waals surface area contributed by atoms with Crippen molar-refractivity contribution in [3.63, 3.8) is 0 Å². The number of hydrogen-bond acceptors (Lipinski definition) is 4. The van der Waals surface area contributed by atoms with E-state index < -0.39 is 0 Å². The second-order valence-corrected chi connectivity index (χ2v) is 5.41. The smallest absolute Gasteiger partial charge is 0.183 e.